The summed E-state index contributed by atoms with van der Waals surface area (Å²) in [7, 11) is 0. The van der Waals surface area contributed by atoms with E-state index >= 15 is 0 Å². The lowest BCUT2D eigenvalue weighted by Gasteiger charge is -2.47. The maximum absolute atomic E-state index is 13.0. The Labute approximate surface area is 264 Å². The maximum Gasteiger partial charge on any atom is 0.328 e. The summed E-state index contributed by atoms with van der Waals surface area (Å²) in [5.41, 5.74) is 6.37. The molecule has 3 atom stereocenters. The van der Waals surface area contributed by atoms with E-state index in [-0.39, 0.29) is 48.3 Å². The molecule has 1 fully saturated rings. The minimum absolute atomic E-state index is 0.0167. The zero-order valence-corrected chi connectivity index (χ0v) is 27.1. The van der Waals surface area contributed by atoms with Crippen LogP contribution >= 0.6 is 11.6 Å². The van der Waals surface area contributed by atoms with Crippen molar-refractivity contribution in [2.45, 2.75) is 78.0 Å². The van der Waals surface area contributed by atoms with E-state index in [2.05, 4.69) is 5.32 Å². The van der Waals surface area contributed by atoms with Crippen molar-refractivity contribution in [2.75, 3.05) is 37.7 Å². The number of halogens is 1. The van der Waals surface area contributed by atoms with Crippen LogP contribution < -0.4 is 16.0 Å². The second-order valence-corrected chi connectivity index (χ2v) is 12.2. The van der Waals surface area contributed by atoms with Crippen LogP contribution in [0.2, 0.25) is 5.02 Å². The first-order valence-corrected chi connectivity index (χ1v) is 15.2. The number of aliphatic hydroxyl groups is 2. The Bertz CT molecular complexity index is 1120. The Morgan fingerprint density at radius 3 is 2.16 bits per heavy atom. The van der Waals surface area contributed by atoms with E-state index in [1.54, 1.807) is 11.0 Å². The van der Waals surface area contributed by atoms with Gasteiger partial charge in [-0.1, -0.05) is 44.5 Å². The van der Waals surface area contributed by atoms with Crippen LogP contribution in [0.5, 0.6) is 0 Å². The Morgan fingerprint density at radius 2 is 1.68 bits per heavy atom. The molecule has 1 heterocycles. The van der Waals surface area contributed by atoms with Gasteiger partial charge in [0.2, 0.25) is 11.8 Å². The van der Waals surface area contributed by atoms with Gasteiger partial charge in [0.1, 0.15) is 0 Å². The van der Waals surface area contributed by atoms with E-state index in [1.807, 2.05) is 57.7 Å². The normalized spacial score (nSPS) is 17.4. The standard InChI is InChI=1S/C27H45ClN4O4.C4H4O4/c1-6-19(25(36)30-16-27(7-2,8-3)18-33)13-23(34)21(29)14-31-15-24(35)32(17-26(31,4)5)22-12-10-9-11-20(22)28;5-3(6)1-2-4(7)8/h9-12,19,21,23,33-34H,6-8,13-18,29H2,1-5H3,(H,30,36);1-2H,(H,5,6)(H,7,8)/b;2-1+/t19-,21+,23+;/m1./s1. The van der Waals surface area contributed by atoms with Gasteiger partial charge in [-0.15, -0.1) is 0 Å². The number of carboxylic acid groups (broad SMARTS) is 2. The van der Waals surface area contributed by atoms with Gasteiger partial charge < -0.3 is 36.4 Å². The second kappa shape index (κ2) is 18.1. The monoisotopic (exact) mass is 640 g/mol. The molecule has 0 unspecified atom stereocenters. The number of benzene rings is 1. The average molecular weight is 641 g/mol. The largest absolute Gasteiger partial charge is 0.478 e. The number of rotatable bonds is 15. The van der Waals surface area contributed by atoms with Crippen LogP contribution in [0.25, 0.3) is 0 Å². The molecule has 12 nitrogen and oxygen atoms in total. The molecular weight excluding hydrogens is 592 g/mol. The lowest BCUT2D eigenvalue weighted by molar-refractivity contribution is -0.134. The van der Waals surface area contributed by atoms with Crippen molar-refractivity contribution in [1.29, 1.82) is 0 Å². The molecule has 0 saturated carbocycles. The number of nitrogens with two attached hydrogens (primary N) is 1. The molecule has 44 heavy (non-hydrogen) atoms. The third kappa shape index (κ3) is 11.8. The van der Waals surface area contributed by atoms with E-state index in [4.69, 9.17) is 27.5 Å². The van der Waals surface area contributed by atoms with Gasteiger partial charge in [0.25, 0.3) is 0 Å². The van der Waals surface area contributed by atoms with Gasteiger partial charge in [0, 0.05) is 54.7 Å². The van der Waals surface area contributed by atoms with Crippen molar-refractivity contribution in [1.82, 2.24) is 10.2 Å². The summed E-state index contributed by atoms with van der Waals surface area (Å²) in [6.07, 6.45) is 2.56. The van der Waals surface area contributed by atoms with Crippen molar-refractivity contribution in [3.63, 3.8) is 0 Å². The van der Waals surface area contributed by atoms with Gasteiger partial charge in [-0.2, -0.15) is 0 Å². The molecule has 0 aliphatic carbocycles. The number of nitrogens with one attached hydrogen (secondary N) is 1. The number of hydrogen-bond acceptors (Lipinski definition) is 8. The summed E-state index contributed by atoms with van der Waals surface area (Å²) in [4.78, 5) is 48.6. The molecule has 7 N–H and O–H groups in total. The number of para-hydroxylation sites is 1. The number of carboxylic acids is 2. The van der Waals surface area contributed by atoms with Crippen LogP contribution in [-0.4, -0.2) is 99.5 Å². The Morgan fingerprint density at radius 1 is 1.11 bits per heavy atom. The minimum atomic E-state index is -1.26. The molecule has 2 amide bonds. The molecule has 1 aromatic carbocycles. The van der Waals surface area contributed by atoms with E-state index in [9.17, 15) is 29.4 Å². The molecular formula is C31H49ClN4O8. The van der Waals surface area contributed by atoms with Crippen molar-refractivity contribution in [3.8, 4) is 0 Å². The second-order valence-electron chi connectivity index (χ2n) is 11.8. The Kier molecular flexibility index (Phi) is 16.0. The number of hydrogen-bond donors (Lipinski definition) is 6. The van der Waals surface area contributed by atoms with Gasteiger partial charge in [0.05, 0.1) is 30.0 Å². The summed E-state index contributed by atoms with van der Waals surface area (Å²) in [5.74, 6) is -3.11. The number of aliphatic carboxylic acids is 2. The number of carbonyl (C=O) groups is 4. The van der Waals surface area contributed by atoms with Crippen LogP contribution in [0.3, 0.4) is 0 Å². The third-order valence-electron chi connectivity index (χ3n) is 8.33. The molecule has 0 aromatic heterocycles. The highest BCUT2D eigenvalue weighted by Crippen LogP contribution is 2.31. The molecule has 0 spiro atoms. The first-order chi connectivity index (χ1) is 20.6. The molecule has 1 aliphatic rings. The van der Waals surface area contributed by atoms with Crippen LogP contribution in [-0.2, 0) is 19.2 Å². The smallest absolute Gasteiger partial charge is 0.328 e. The van der Waals surface area contributed by atoms with Gasteiger partial charge in [-0.05, 0) is 51.7 Å². The van der Waals surface area contributed by atoms with Crippen LogP contribution in [0.15, 0.2) is 36.4 Å². The van der Waals surface area contributed by atoms with E-state index in [0.717, 1.165) is 12.8 Å². The highest BCUT2D eigenvalue weighted by molar-refractivity contribution is 6.33. The number of aliphatic hydroxyl groups excluding tert-OH is 2. The summed E-state index contributed by atoms with van der Waals surface area (Å²) >= 11 is 6.33. The predicted molar refractivity (Wildman–Crippen MR) is 169 cm³/mol. The SMILES string of the molecule is CC[C@H](C[C@H](O)[C@@H](N)CN1CC(=O)N(c2ccccc2Cl)CC1(C)C)C(=O)NCC(CC)(CC)CO.O=C(O)/C=C/C(=O)O. The van der Waals surface area contributed by atoms with Crippen LogP contribution in [0.1, 0.15) is 60.3 Å². The van der Waals surface area contributed by atoms with E-state index in [0.29, 0.717) is 48.9 Å². The first kappa shape index (κ1) is 39.0. The number of carbonyl (C=O) groups excluding carboxylic acids is 2. The summed E-state index contributed by atoms with van der Waals surface area (Å²) in [5, 5.41) is 39.8. The molecule has 13 heteroatoms. The molecule has 0 bridgehead atoms. The summed E-state index contributed by atoms with van der Waals surface area (Å²) in [6, 6.07) is 6.68. The molecule has 2 rings (SSSR count). The van der Waals surface area contributed by atoms with Crippen LogP contribution in [0.4, 0.5) is 5.69 Å². The number of amides is 2. The van der Waals surface area contributed by atoms with Gasteiger partial charge in [-0.3, -0.25) is 14.5 Å². The third-order valence-corrected chi connectivity index (χ3v) is 8.65. The highest BCUT2D eigenvalue weighted by atomic mass is 35.5. The Hall–Kier alpha value is -3.03. The van der Waals surface area contributed by atoms with Gasteiger partial charge in [0.15, 0.2) is 0 Å². The molecule has 1 saturated heterocycles. The topological polar surface area (TPSA) is 194 Å². The molecule has 1 aromatic rings. The van der Waals surface area contributed by atoms with Crippen molar-refractivity contribution >= 4 is 41.0 Å². The number of anilines is 1. The van der Waals surface area contributed by atoms with Crippen LogP contribution in [0, 0.1) is 11.3 Å². The fraction of sp³-hybridized carbons (Fsp3) is 0.613. The van der Waals surface area contributed by atoms with Gasteiger partial charge in [-0.25, -0.2) is 9.59 Å². The molecule has 1 aliphatic heterocycles. The predicted octanol–water partition coefficient (Wildman–Crippen LogP) is 2.50. The number of piperazine rings is 1. The lowest BCUT2D eigenvalue weighted by atomic mass is 9.83. The fourth-order valence-corrected chi connectivity index (χ4v) is 5.12. The van der Waals surface area contributed by atoms with Crippen molar-refractivity contribution in [3.05, 3.63) is 41.4 Å². The zero-order valence-electron chi connectivity index (χ0n) is 26.3. The molecule has 0 radical (unpaired) electrons. The summed E-state index contributed by atoms with van der Waals surface area (Å²) < 4.78 is 0. The Balaban J connectivity index is 0.00000106. The first-order valence-electron chi connectivity index (χ1n) is 14.8. The highest BCUT2D eigenvalue weighted by Gasteiger charge is 2.40. The maximum atomic E-state index is 13.0. The summed E-state index contributed by atoms with van der Waals surface area (Å²) in [6.45, 7) is 11.4. The van der Waals surface area contributed by atoms with Crippen molar-refractivity contribution in [2.24, 2.45) is 17.1 Å². The van der Waals surface area contributed by atoms with Gasteiger partial charge >= 0.3 is 11.9 Å². The fourth-order valence-electron chi connectivity index (χ4n) is 4.88. The zero-order chi connectivity index (χ0) is 33.7. The van der Waals surface area contributed by atoms with Crippen molar-refractivity contribution < 1.29 is 39.6 Å². The minimum Gasteiger partial charge on any atom is -0.478 e. The lowest BCUT2D eigenvalue weighted by Crippen LogP contribution is -2.64. The number of nitrogens with zero attached hydrogens (tertiary/aromatic N) is 2. The average Bonchev–Trinajstić information content (AvgIpc) is 2.98. The van der Waals surface area contributed by atoms with E-state index < -0.39 is 24.1 Å². The van der Waals surface area contributed by atoms with E-state index in [1.165, 1.54) is 0 Å². The quantitative estimate of drug-likeness (QED) is 0.155. The molecule has 248 valence electrons.